The van der Waals surface area contributed by atoms with Gasteiger partial charge in [0.2, 0.25) is 17.7 Å². The third kappa shape index (κ3) is 5.77. The molecular weight excluding hydrogens is 457 g/mol. The molecule has 1 N–H and O–H groups in total. The van der Waals surface area contributed by atoms with Crippen molar-refractivity contribution in [3.05, 3.63) is 71.3 Å². The topological polar surface area (TPSA) is 69.7 Å². The number of amides is 3. The summed E-state index contributed by atoms with van der Waals surface area (Å²) < 4.78 is 14.6. The summed E-state index contributed by atoms with van der Waals surface area (Å²) in [4.78, 5) is 41.9. The van der Waals surface area contributed by atoms with Gasteiger partial charge in [0.1, 0.15) is 12.2 Å². The number of rotatable bonds is 6. The Morgan fingerprint density at radius 3 is 2.22 bits per heavy atom. The van der Waals surface area contributed by atoms with E-state index in [9.17, 15) is 18.8 Å². The number of halogens is 1. The Bertz CT molecular complexity index is 1070. The van der Waals surface area contributed by atoms with Gasteiger partial charge in [-0.3, -0.25) is 14.4 Å². The molecule has 0 aliphatic carbocycles. The number of alkyl halides is 1. The number of piperidine rings is 1. The highest BCUT2D eigenvalue weighted by molar-refractivity contribution is 5.90. The fourth-order valence-corrected chi connectivity index (χ4v) is 5.29. The van der Waals surface area contributed by atoms with Gasteiger partial charge in [0, 0.05) is 26.4 Å². The van der Waals surface area contributed by atoms with Crippen molar-refractivity contribution in [1.82, 2.24) is 15.1 Å². The van der Waals surface area contributed by atoms with Crippen molar-refractivity contribution in [3.8, 4) is 0 Å². The molecule has 3 amide bonds. The van der Waals surface area contributed by atoms with E-state index in [2.05, 4.69) is 31.3 Å². The van der Waals surface area contributed by atoms with E-state index in [4.69, 9.17) is 0 Å². The van der Waals surface area contributed by atoms with Gasteiger partial charge in [-0.2, -0.15) is 0 Å². The Balaban J connectivity index is 1.54. The molecule has 2 heterocycles. The number of nitrogens with zero attached hydrogens (tertiary/aromatic N) is 2. The van der Waals surface area contributed by atoms with Crippen LogP contribution in [0.1, 0.15) is 68.7 Å². The van der Waals surface area contributed by atoms with Gasteiger partial charge in [0.25, 0.3) is 0 Å². The predicted octanol–water partition coefficient (Wildman–Crippen LogP) is 4.21. The minimum Gasteiger partial charge on any atom is -0.343 e. The molecule has 2 fully saturated rings. The van der Waals surface area contributed by atoms with Crippen LogP contribution in [0.25, 0.3) is 0 Å². The van der Waals surface area contributed by atoms with Crippen molar-refractivity contribution in [2.24, 2.45) is 5.92 Å². The van der Waals surface area contributed by atoms with E-state index >= 15 is 0 Å². The number of nitrogens with one attached hydrogen (secondary N) is 1. The van der Waals surface area contributed by atoms with E-state index in [1.807, 2.05) is 42.5 Å². The fourth-order valence-electron chi connectivity index (χ4n) is 5.29. The minimum absolute atomic E-state index is 0.0193. The summed E-state index contributed by atoms with van der Waals surface area (Å²) in [7, 11) is 0. The Morgan fingerprint density at radius 1 is 0.944 bits per heavy atom. The van der Waals surface area contributed by atoms with Crippen LogP contribution in [0.3, 0.4) is 0 Å². The van der Waals surface area contributed by atoms with Crippen LogP contribution >= 0.6 is 0 Å². The molecule has 192 valence electrons. The molecule has 2 aliphatic rings. The van der Waals surface area contributed by atoms with E-state index in [1.54, 1.807) is 4.90 Å². The molecule has 0 unspecified atom stereocenters. The van der Waals surface area contributed by atoms with Crippen LogP contribution in [-0.2, 0) is 14.4 Å². The summed E-state index contributed by atoms with van der Waals surface area (Å²) in [6, 6.07) is 16.5. The van der Waals surface area contributed by atoms with Gasteiger partial charge in [-0.1, -0.05) is 68.4 Å². The second kappa shape index (κ2) is 11.2. The summed E-state index contributed by atoms with van der Waals surface area (Å²) in [5, 5.41) is 3.11. The normalized spacial score (nSPS) is 23.0. The number of likely N-dealkylation sites (tertiary alicyclic amines) is 2. The molecule has 0 bridgehead atoms. The van der Waals surface area contributed by atoms with E-state index in [0.29, 0.717) is 25.4 Å². The average Bonchev–Trinajstić information content (AvgIpc) is 3.29. The van der Waals surface area contributed by atoms with Gasteiger partial charge in [-0.15, -0.1) is 0 Å². The average molecular weight is 494 g/mol. The largest absolute Gasteiger partial charge is 0.343 e. The molecule has 36 heavy (non-hydrogen) atoms. The molecule has 0 radical (unpaired) electrons. The first-order chi connectivity index (χ1) is 17.2. The Morgan fingerprint density at radius 2 is 1.58 bits per heavy atom. The highest BCUT2D eigenvalue weighted by Crippen LogP contribution is 2.29. The second-order valence-electron chi connectivity index (χ2n) is 10.3. The van der Waals surface area contributed by atoms with E-state index < -0.39 is 24.2 Å². The first-order valence-electron chi connectivity index (χ1n) is 12.9. The quantitative estimate of drug-likeness (QED) is 0.655. The van der Waals surface area contributed by atoms with Gasteiger partial charge in [0.15, 0.2) is 0 Å². The van der Waals surface area contributed by atoms with Gasteiger partial charge >= 0.3 is 0 Å². The van der Waals surface area contributed by atoms with Crippen molar-refractivity contribution in [3.63, 3.8) is 0 Å². The first-order valence-corrected chi connectivity index (χ1v) is 12.9. The summed E-state index contributed by atoms with van der Waals surface area (Å²) in [6.07, 6.45) is 0.0911. The zero-order chi connectivity index (χ0) is 25.8. The number of carbonyl (C=O) groups is 3. The number of benzene rings is 2. The highest BCUT2D eigenvalue weighted by Gasteiger charge is 2.43. The van der Waals surface area contributed by atoms with Crippen molar-refractivity contribution in [2.45, 2.75) is 64.2 Å². The SMILES string of the molecule is CC(=O)N1CCC[C@H](C(=O)N2C[C@H](F)C[C@H]2C(=O)N[C@@H](c2ccccc2)c2ccc(C(C)C)cc2)C1. The Labute approximate surface area is 212 Å². The summed E-state index contributed by atoms with van der Waals surface area (Å²) in [6.45, 7) is 6.62. The van der Waals surface area contributed by atoms with Gasteiger partial charge in [0.05, 0.1) is 18.5 Å². The number of hydrogen-bond donors (Lipinski definition) is 1. The number of carbonyl (C=O) groups excluding carboxylic acids is 3. The van der Waals surface area contributed by atoms with Gasteiger partial charge < -0.3 is 15.1 Å². The molecule has 2 aliphatic heterocycles. The summed E-state index contributed by atoms with van der Waals surface area (Å²) in [5.41, 5.74) is 3.05. The van der Waals surface area contributed by atoms with Crippen molar-refractivity contribution < 1.29 is 18.8 Å². The fraction of sp³-hybridized carbons (Fsp3) is 0.483. The molecule has 7 heteroatoms. The van der Waals surface area contributed by atoms with Crippen LogP contribution in [0.5, 0.6) is 0 Å². The van der Waals surface area contributed by atoms with Crippen LogP contribution in [-0.4, -0.2) is 59.4 Å². The summed E-state index contributed by atoms with van der Waals surface area (Å²) >= 11 is 0. The molecule has 4 rings (SSSR count). The van der Waals surface area contributed by atoms with Gasteiger partial charge in [-0.05, 0) is 35.4 Å². The third-order valence-electron chi connectivity index (χ3n) is 7.41. The Hall–Kier alpha value is -3.22. The van der Waals surface area contributed by atoms with Crippen LogP contribution < -0.4 is 5.32 Å². The lowest BCUT2D eigenvalue weighted by Crippen LogP contribution is -2.51. The van der Waals surface area contributed by atoms with E-state index in [-0.39, 0.29) is 30.7 Å². The zero-order valence-electron chi connectivity index (χ0n) is 21.3. The summed E-state index contributed by atoms with van der Waals surface area (Å²) in [5.74, 6) is -0.678. The van der Waals surface area contributed by atoms with Crippen molar-refractivity contribution in [1.29, 1.82) is 0 Å². The van der Waals surface area contributed by atoms with Crippen molar-refractivity contribution in [2.75, 3.05) is 19.6 Å². The molecule has 6 nitrogen and oxygen atoms in total. The molecular formula is C29H36FN3O3. The Kier molecular flexibility index (Phi) is 8.07. The molecule has 4 atom stereocenters. The van der Waals surface area contributed by atoms with E-state index in [0.717, 1.165) is 17.5 Å². The lowest BCUT2D eigenvalue weighted by molar-refractivity contribution is -0.144. The lowest BCUT2D eigenvalue weighted by Gasteiger charge is -2.35. The van der Waals surface area contributed by atoms with E-state index in [1.165, 1.54) is 17.4 Å². The smallest absolute Gasteiger partial charge is 0.243 e. The van der Waals surface area contributed by atoms with Crippen molar-refractivity contribution >= 4 is 17.7 Å². The maximum absolute atomic E-state index is 14.6. The standard InChI is InChI=1S/C29H36FN3O3/c1-19(2)21-11-13-23(14-12-21)27(22-8-5-4-6-9-22)31-28(35)26-16-25(30)18-33(26)29(36)24-10-7-15-32(17-24)20(3)34/h4-6,8-9,11-14,19,24-27H,7,10,15-18H2,1-3H3,(H,31,35)/t24-,25+,26-,27-/m0/s1. The molecule has 2 aromatic carbocycles. The zero-order valence-corrected chi connectivity index (χ0v) is 21.3. The van der Waals surface area contributed by atoms with Crippen LogP contribution in [0.4, 0.5) is 4.39 Å². The predicted molar refractivity (Wildman–Crippen MR) is 137 cm³/mol. The third-order valence-corrected chi connectivity index (χ3v) is 7.41. The molecule has 2 aromatic rings. The maximum atomic E-state index is 14.6. The van der Waals surface area contributed by atoms with Crippen LogP contribution in [0.15, 0.2) is 54.6 Å². The van der Waals surface area contributed by atoms with Crippen LogP contribution in [0, 0.1) is 5.92 Å². The molecule has 0 aromatic heterocycles. The monoisotopic (exact) mass is 493 g/mol. The number of hydrogen-bond acceptors (Lipinski definition) is 3. The highest BCUT2D eigenvalue weighted by atomic mass is 19.1. The molecule has 0 saturated carbocycles. The van der Waals surface area contributed by atoms with Gasteiger partial charge in [-0.25, -0.2) is 4.39 Å². The molecule has 2 saturated heterocycles. The second-order valence-corrected chi connectivity index (χ2v) is 10.3. The first kappa shape index (κ1) is 25.9. The maximum Gasteiger partial charge on any atom is 0.243 e. The lowest BCUT2D eigenvalue weighted by atomic mass is 9.94. The molecule has 0 spiro atoms. The van der Waals surface area contributed by atoms with Crippen LogP contribution in [0.2, 0.25) is 0 Å². The minimum atomic E-state index is -1.25.